The van der Waals surface area contributed by atoms with Crippen molar-refractivity contribution in [2.75, 3.05) is 9.80 Å². The molecule has 0 saturated heterocycles. The first kappa shape index (κ1) is 38.8. The summed E-state index contributed by atoms with van der Waals surface area (Å²) < 4.78 is 26.7. The molecular weight excluding hydrogens is 861 g/mol. The van der Waals surface area contributed by atoms with Crippen molar-refractivity contribution in [3.05, 3.63) is 217 Å². The van der Waals surface area contributed by atoms with Gasteiger partial charge in [-0.25, -0.2) is 0 Å². The molecule has 330 valence electrons. The van der Waals surface area contributed by atoms with Gasteiger partial charge in [-0.2, -0.15) is 0 Å². The number of para-hydroxylation sites is 4. The summed E-state index contributed by atoms with van der Waals surface area (Å²) in [7, 11) is 0. The van der Waals surface area contributed by atoms with E-state index < -0.39 is 0 Å². The Morgan fingerprint density at radius 1 is 0.257 bits per heavy atom. The summed E-state index contributed by atoms with van der Waals surface area (Å²) >= 11 is 0. The molecule has 11 aromatic carbocycles. The van der Waals surface area contributed by atoms with Gasteiger partial charge in [0, 0.05) is 71.9 Å². The van der Waals surface area contributed by atoms with E-state index in [0.717, 1.165) is 155 Å². The number of hydrogen-bond acceptors (Lipinski definition) is 6. The second-order valence-electron chi connectivity index (χ2n) is 18.6. The Morgan fingerprint density at radius 3 is 1.14 bits per heavy atom. The van der Waals surface area contributed by atoms with Crippen molar-refractivity contribution in [1.82, 2.24) is 0 Å². The molecule has 15 aromatic rings. The molecule has 0 aliphatic heterocycles. The van der Waals surface area contributed by atoms with Crippen molar-refractivity contribution >= 4 is 143 Å². The van der Waals surface area contributed by atoms with Crippen LogP contribution in [0.1, 0.15) is 11.1 Å². The fourth-order valence-electron chi connectivity index (χ4n) is 11.1. The molecule has 6 heteroatoms. The average Bonchev–Trinajstić information content (AvgIpc) is 4.16. The van der Waals surface area contributed by atoms with Crippen LogP contribution in [0, 0.1) is 13.8 Å². The second kappa shape index (κ2) is 14.6. The van der Waals surface area contributed by atoms with Crippen molar-refractivity contribution in [2.24, 2.45) is 0 Å². The van der Waals surface area contributed by atoms with Crippen molar-refractivity contribution in [3.8, 4) is 0 Å². The number of fused-ring (bicyclic) bond motifs is 14. The van der Waals surface area contributed by atoms with Crippen LogP contribution < -0.4 is 9.80 Å². The number of benzene rings is 11. The molecule has 0 amide bonds. The van der Waals surface area contributed by atoms with E-state index in [1.807, 2.05) is 24.3 Å². The van der Waals surface area contributed by atoms with Gasteiger partial charge in [-0.15, -0.1) is 0 Å². The summed E-state index contributed by atoms with van der Waals surface area (Å²) in [5.41, 5.74) is 15.1. The van der Waals surface area contributed by atoms with E-state index in [4.69, 9.17) is 17.7 Å². The number of anilines is 6. The van der Waals surface area contributed by atoms with Gasteiger partial charge in [0.05, 0.1) is 11.4 Å². The Labute approximate surface area is 400 Å². The SMILES string of the molecule is Cc1ccc2c(oc3ccccc32)c1N(c1ccccc1)c1ccc2cc3c(cc2c1)oc1cc2oc4cc5cc(N(c6ccccc6)c6c(C)ccc7c6oc6ccccc67)ccc5cc4c2cc13. The predicted molar refractivity (Wildman–Crippen MR) is 289 cm³/mol. The quantitative estimate of drug-likeness (QED) is 0.166. The molecular formula is C64H40N2O4. The minimum absolute atomic E-state index is 0.788. The zero-order valence-electron chi connectivity index (χ0n) is 38.2. The summed E-state index contributed by atoms with van der Waals surface area (Å²) in [5.74, 6) is 0. The van der Waals surface area contributed by atoms with Crippen molar-refractivity contribution < 1.29 is 17.7 Å². The highest BCUT2D eigenvalue weighted by Gasteiger charge is 2.25. The van der Waals surface area contributed by atoms with Crippen molar-refractivity contribution in [1.29, 1.82) is 0 Å². The Hall–Kier alpha value is -9.26. The summed E-state index contributed by atoms with van der Waals surface area (Å²) in [6.07, 6.45) is 0. The zero-order chi connectivity index (χ0) is 46.2. The van der Waals surface area contributed by atoms with Gasteiger partial charge < -0.3 is 27.5 Å². The third kappa shape index (κ3) is 5.74. The van der Waals surface area contributed by atoms with Crippen molar-refractivity contribution in [3.63, 3.8) is 0 Å². The minimum atomic E-state index is 0.788. The molecule has 0 radical (unpaired) electrons. The van der Waals surface area contributed by atoms with Gasteiger partial charge in [-0.1, -0.05) is 109 Å². The second-order valence-corrected chi connectivity index (χ2v) is 18.6. The smallest absolute Gasteiger partial charge is 0.159 e. The van der Waals surface area contributed by atoms with Crippen LogP contribution in [0.2, 0.25) is 0 Å². The number of aryl methyl sites for hydroxylation is 2. The number of furan rings is 4. The molecule has 0 atom stereocenters. The molecule has 0 aliphatic rings. The monoisotopic (exact) mass is 900 g/mol. The molecule has 0 saturated carbocycles. The van der Waals surface area contributed by atoms with E-state index in [-0.39, 0.29) is 0 Å². The molecule has 0 spiro atoms. The fraction of sp³-hybridized carbons (Fsp3) is 0.0312. The van der Waals surface area contributed by atoms with Gasteiger partial charge >= 0.3 is 0 Å². The van der Waals surface area contributed by atoms with E-state index in [1.54, 1.807) is 0 Å². The van der Waals surface area contributed by atoms with Crippen LogP contribution in [0.4, 0.5) is 34.1 Å². The van der Waals surface area contributed by atoms with Crippen LogP contribution >= 0.6 is 0 Å². The maximum Gasteiger partial charge on any atom is 0.159 e. The number of rotatable bonds is 6. The van der Waals surface area contributed by atoms with Crippen LogP contribution in [-0.2, 0) is 0 Å². The van der Waals surface area contributed by atoms with Gasteiger partial charge in [0.1, 0.15) is 33.5 Å². The number of nitrogens with zero attached hydrogens (tertiary/aromatic N) is 2. The van der Waals surface area contributed by atoms with E-state index in [0.29, 0.717) is 0 Å². The largest absolute Gasteiger partial charge is 0.456 e. The molecule has 15 rings (SSSR count). The highest BCUT2D eigenvalue weighted by atomic mass is 16.3. The molecule has 4 heterocycles. The van der Waals surface area contributed by atoms with E-state index in [2.05, 4.69) is 206 Å². The lowest BCUT2D eigenvalue weighted by Crippen LogP contribution is -2.11. The topological polar surface area (TPSA) is 59.0 Å². The molecule has 4 aromatic heterocycles. The van der Waals surface area contributed by atoms with Crippen LogP contribution in [0.3, 0.4) is 0 Å². The van der Waals surface area contributed by atoms with E-state index >= 15 is 0 Å². The summed E-state index contributed by atoms with van der Waals surface area (Å²) in [4.78, 5) is 4.63. The van der Waals surface area contributed by atoms with Crippen LogP contribution in [-0.4, -0.2) is 0 Å². The van der Waals surface area contributed by atoms with Gasteiger partial charge in [-0.3, -0.25) is 0 Å². The van der Waals surface area contributed by atoms with E-state index in [9.17, 15) is 0 Å². The lowest BCUT2D eigenvalue weighted by molar-refractivity contribution is 0.656. The summed E-state index contributed by atoms with van der Waals surface area (Å²) in [5, 5.41) is 13.1. The number of hydrogen-bond donors (Lipinski definition) is 0. The fourth-order valence-corrected chi connectivity index (χ4v) is 11.1. The van der Waals surface area contributed by atoms with Gasteiger partial charge in [0.25, 0.3) is 0 Å². The van der Waals surface area contributed by atoms with Crippen LogP contribution in [0.15, 0.2) is 224 Å². The lowest BCUT2D eigenvalue weighted by Gasteiger charge is -2.27. The Kier molecular flexibility index (Phi) is 8.10. The predicted octanol–water partition coefficient (Wildman–Crippen LogP) is 19.1. The highest BCUT2D eigenvalue weighted by Crippen LogP contribution is 2.48. The summed E-state index contributed by atoms with van der Waals surface area (Å²) in [6, 6.07) is 72.8. The molecule has 0 unspecified atom stereocenters. The molecule has 0 N–H and O–H groups in total. The third-order valence-corrected chi connectivity index (χ3v) is 14.4. The maximum absolute atomic E-state index is 6.71. The third-order valence-electron chi connectivity index (χ3n) is 14.4. The zero-order valence-corrected chi connectivity index (χ0v) is 38.2. The molecule has 70 heavy (non-hydrogen) atoms. The first-order chi connectivity index (χ1) is 34.5. The van der Waals surface area contributed by atoms with Gasteiger partial charge in [0.15, 0.2) is 11.2 Å². The first-order valence-corrected chi connectivity index (χ1v) is 23.7. The molecule has 0 bridgehead atoms. The minimum Gasteiger partial charge on any atom is -0.456 e. The Balaban J connectivity index is 0.843. The molecule has 0 fully saturated rings. The molecule has 6 nitrogen and oxygen atoms in total. The lowest BCUT2D eigenvalue weighted by atomic mass is 10.0. The van der Waals surface area contributed by atoms with Gasteiger partial charge in [-0.05, 0) is 138 Å². The van der Waals surface area contributed by atoms with Crippen LogP contribution in [0.5, 0.6) is 0 Å². The standard InChI is InChI=1S/C64H40N2O4/c1-37-21-27-49-47-17-9-11-19-55(47)69-63(49)61(37)65(43-13-5-3-6-14-43)45-25-23-39-31-51-53-35-54-52-32-40-24-26-46(30-42(40)34-58(52)68-60(54)36-59(53)67-57(51)33-41(39)29-45)66(44-15-7-4-8-16-44)62-38(2)22-28-50-48-18-10-12-20-56(48)70-64(50)62/h3-36H,1-2H3. The van der Waals surface area contributed by atoms with Crippen LogP contribution in [0.25, 0.3) is 109 Å². The van der Waals surface area contributed by atoms with E-state index in [1.165, 1.54) is 0 Å². The van der Waals surface area contributed by atoms with Crippen molar-refractivity contribution in [2.45, 2.75) is 13.8 Å². The average molecular weight is 901 g/mol. The maximum atomic E-state index is 6.71. The van der Waals surface area contributed by atoms with Gasteiger partial charge in [0.2, 0.25) is 0 Å². The molecule has 0 aliphatic carbocycles. The first-order valence-electron chi connectivity index (χ1n) is 23.7. The Morgan fingerprint density at radius 2 is 0.671 bits per heavy atom. The normalized spacial score (nSPS) is 12.1. The summed E-state index contributed by atoms with van der Waals surface area (Å²) in [6.45, 7) is 4.31. The Bertz CT molecular complexity index is 4340. The highest BCUT2D eigenvalue weighted by molar-refractivity contribution is 6.19.